The number of anilines is 1. The molecule has 0 saturated heterocycles. The number of amides is 1. The van der Waals surface area contributed by atoms with Gasteiger partial charge in [0, 0.05) is 17.8 Å². The van der Waals surface area contributed by atoms with E-state index in [2.05, 4.69) is 0 Å². The van der Waals surface area contributed by atoms with Crippen molar-refractivity contribution in [1.29, 1.82) is 0 Å². The molecule has 0 heterocycles. The second-order valence-corrected chi connectivity index (χ2v) is 3.07. The van der Waals surface area contributed by atoms with Gasteiger partial charge in [-0.1, -0.05) is 11.6 Å². The van der Waals surface area contributed by atoms with E-state index in [1.165, 1.54) is 4.90 Å². The Morgan fingerprint density at radius 1 is 1.43 bits per heavy atom. The predicted octanol–water partition coefficient (Wildman–Crippen LogP) is 1.68. The first-order valence-corrected chi connectivity index (χ1v) is 4.25. The highest BCUT2D eigenvalue weighted by Gasteiger charge is 2.07. The largest absolute Gasteiger partial charge is 0.322 e. The van der Waals surface area contributed by atoms with Crippen molar-refractivity contribution in [1.82, 2.24) is 0 Å². The van der Waals surface area contributed by atoms with E-state index >= 15 is 0 Å². The molecule has 1 amide bonds. The third-order valence-corrected chi connectivity index (χ3v) is 2.01. The third kappa shape index (κ3) is 3.18. The van der Waals surface area contributed by atoms with Gasteiger partial charge in [-0.25, -0.2) is 0 Å². The number of halogens is 2. The lowest BCUT2D eigenvalue weighted by molar-refractivity contribution is -0.117. The zero-order valence-corrected chi connectivity index (χ0v) is 9.31. The molecule has 0 aromatic heterocycles. The fourth-order valence-corrected chi connectivity index (χ4v) is 1.07. The number of rotatable bonds is 2. The second-order valence-electron chi connectivity index (χ2n) is 2.63. The van der Waals surface area contributed by atoms with Gasteiger partial charge >= 0.3 is 0 Å². The average molecular weight is 235 g/mol. The van der Waals surface area contributed by atoms with Gasteiger partial charge in [0.25, 0.3) is 0 Å². The molecule has 14 heavy (non-hydrogen) atoms. The summed E-state index contributed by atoms with van der Waals surface area (Å²) in [6.07, 6.45) is 0. The van der Waals surface area contributed by atoms with Crippen LogP contribution >= 0.6 is 24.0 Å². The van der Waals surface area contributed by atoms with Crippen LogP contribution in [-0.2, 0) is 4.79 Å². The number of nitrogens with zero attached hydrogens (tertiary/aromatic N) is 1. The molecule has 0 aliphatic heterocycles. The van der Waals surface area contributed by atoms with E-state index < -0.39 is 0 Å². The first-order valence-electron chi connectivity index (χ1n) is 3.87. The zero-order chi connectivity index (χ0) is 9.84. The van der Waals surface area contributed by atoms with Crippen LogP contribution in [0.3, 0.4) is 0 Å². The number of hydrogen-bond donors (Lipinski definition) is 1. The molecule has 2 N–H and O–H groups in total. The van der Waals surface area contributed by atoms with Crippen LogP contribution in [0.2, 0.25) is 5.02 Å². The minimum Gasteiger partial charge on any atom is -0.322 e. The molecule has 1 rings (SSSR count). The summed E-state index contributed by atoms with van der Waals surface area (Å²) < 4.78 is 0. The van der Waals surface area contributed by atoms with Crippen molar-refractivity contribution < 1.29 is 4.79 Å². The van der Waals surface area contributed by atoms with Crippen LogP contribution in [0.5, 0.6) is 0 Å². The van der Waals surface area contributed by atoms with Gasteiger partial charge in [0.05, 0.1) is 6.54 Å². The molecular formula is C9H12Cl2N2O. The number of hydrogen-bond acceptors (Lipinski definition) is 2. The fourth-order valence-electron chi connectivity index (χ4n) is 0.946. The van der Waals surface area contributed by atoms with Gasteiger partial charge in [-0.05, 0) is 24.3 Å². The maximum atomic E-state index is 11.2. The quantitative estimate of drug-likeness (QED) is 0.847. The van der Waals surface area contributed by atoms with E-state index in [9.17, 15) is 4.79 Å². The molecule has 0 radical (unpaired) electrons. The highest BCUT2D eigenvalue weighted by atomic mass is 35.5. The van der Waals surface area contributed by atoms with Gasteiger partial charge in [-0.3, -0.25) is 4.79 Å². The Labute approximate surface area is 94.2 Å². The standard InChI is InChI=1S/C9H11ClN2O.ClH/c1-12(9(13)6-11)8-4-2-7(10)3-5-8;/h2-5H,6,11H2,1H3;1H. The Kier molecular flexibility index (Phi) is 5.53. The van der Waals surface area contributed by atoms with Crippen LogP contribution in [-0.4, -0.2) is 19.5 Å². The Morgan fingerprint density at radius 2 is 1.93 bits per heavy atom. The Bertz CT molecular complexity index is 300. The first-order chi connectivity index (χ1) is 6.15. The molecule has 3 nitrogen and oxygen atoms in total. The van der Waals surface area contributed by atoms with E-state index in [0.29, 0.717) is 5.02 Å². The maximum absolute atomic E-state index is 11.2. The Balaban J connectivity index is 0.00000169. The number of nitrogens with two attached hydrogens (primary N) is 1. The van der Waals surface area contributed by atoms with E-state index in [0.717, 1.165) is 5.69 Å². The van der Waals surface area contributed by atoms with Crippen molar-refractivity contribution in [3.05, 3.63) is 29.3 Å². The minimum absolute atomic E-state index is 0. The van der Waals surface area contributed by atoms with Crippen molar-refractivity contribution in [2.45, 2.75) is 0 Å². The van der Waals surface area contributed by atoms with Crippen molar-refractivity contribution in [2.24, 2.45) is 5.73 Å². The van der Waals surface area contributed by atoms with Crippen LogP contribution in [0.25, 0.3) is 0 Å². The number of likely N-dealkylation sites (N-methyl/N-ethyl adjacent to an activating group) is 1. The molecular weight excluding hydrogens is 223 g/mol. The van der Waals surface area contributed by atoms with Crippen molar-refractivity contribution in [3.8, 4) is 0 Å². The predicted molar refractivity (Wildman–Crippen MR) is 61.2 cm³/mol. The van der Waals surface area contributed by atoms with Gasteiger partial charge in [-0.15, -0.1) is 12.4 Å². The molecule has 0 fully saturated rings. The zero-order valence-electron chi connectivity index (χ0n) is 7.74. The molecule has 0 aliphatic rings. The van der Waals surface area contributed by atoms with Crippen LogP contribution < -0.4 is 10.6 Å². The molecule has 78 valence electrons. The van der Waals surface area contributed by atoms with Gasteiger partial charge in [0.15, 0.2) is 0 Å². The lowest BCUT2D eigenvalue weighted by atomic mass is 10.3. The van der Waals surface area contributed by atoms with E-state index in [4.69, 9.17) is 17.3 Å². The molecule has 1 aromatic rings. The van der Waals surface area contributed by atoms with Gasteiger partial charge in [0.2, 0.25) is 5.91 Å². The topological polar surface area (TPSA) is 46.3 Å². The van der Waals surface area contributed by atoms with E-state index in [-0.39, 0.29) is 24.9 Å². The molecule has 0 saturated carbocycles. The van der Waals surface area contributed by atoms with Gasteiger partial charge < -0.3 is 10.6 Å². The molecule has 0 spiro atoms. The summed E-state index contributed by atoms with van der Waals surface area (Å²) in [6.45, 7) is 0.0130. The summed E-state index contributed by atoms with van der Waals surface area (Å²) in [5, 5.41) is 0.650. The van der Waals surface area contributed by atoms with Crippen molar-refractivity contribution >= 4 is 35.6 Å². The highest BCUT2D eigenvalue weighted by Crippen LogP contribution is 2.16. The molecule has 0 unspecified atom stereocenters. The summed E-state index contributed by atoms with van der Waals surface area (Å²) in [6, 6.07) is 7.01. The van der Waals surface area contributed by atoms with Crippen molar-refractivity contribution in [2.75, 3.05) is 18.5 Å². The Hall–Kier alpha value is -0.770. The number of carbonyl (C=O) groups is 1. The lowest BCUT2D eigenvalue weighted by Gasteiger charge is -2.15. The Morgan fingerprint density at radius 3 is 2.36 bits per heavy atom. The normalized spacial score (nSPS) is 9.07. The van der Waals surface area contributed by atoms with Crippen LogP contribution in [0.15, 0.2) is 24.3 Å². The maximum Gasteiger partial charge on any atom is 0.240 e. The number of benzene rings is 1. The summed E-state index contributed by atoms with van der Waals surface area (Å²) in [4.78, 5) is 12.7. The summed E-state index contributed by atoms with van der Waals surface area (Å²) in [5.74, 6) is -0.123. The fraction of sp³-hybridized carbons (Fsp3) is 0.222. The highest BCUT2D eigenvalue weighted by molar-refractivity contribution is 6.30. The molecule has 1 aromatic carbocycles. The van der Waals surface area contributed by atoms with Crippen molar-refractivity contribution in [3.63, 3.8) is 0 Å². The average Bonchev–Trinajstić information content (AvgIpc) is 2.17. The van der Waals surface area contributed by atoms with Crippen LogP contribution in [0.4, 0.5) is 5.69 Å². The molecule has 0 bridgehead atoms. The lowest BCUT2D eigenvalue weighted by Crippen LogP contribution is -2.32. The molecule has 5 heteroatoms. The van der Waals surface area contributed by atoms with E-state index in [1.54, 1.807) is 31.3 Å². The summed E-state index contributed by atoms with van der Waals surface area (Å²) in [7, 11) is 1.68. The second kappa shape index (κ2) is 5.86. The molecule has 0 aliphatic carbocycles. The molecule has 0 atom stereocenters. The first kappa shape index (κ1) is 13.2. The minimum atomic E-state index is -0.123. The van der Waals surface area contributed by atoms with Gasteiger partial charge in [-0.2, -0.15) is 0 Å². The summed E-state index contributed by atoms with van der Waals surface area (Å²) >= 11 is 5.70. The third-order valence-electron chi connectivity index (χ3n) is 1.76. The van der Waals surface area contributed by atoms with Crippen LogP contribution in [0, 0.1) is 0 Å². The van der Waals surface area contributed by atoms with Crippen LogP contribution in [0.1, 0.15) is 0 Å². The number of carbonyl (C=O) groups excluding carboxylic acids is 1. The monoisotopic (exact) mass is 234 g/mol. The summed E-state index contributed by atoms with van der Waals surface area (Å²) in [5.41, 5.74) is 6.01. The SMILES string of the molecule is CN(C(=O)CN)c1ccc(Cl)cc1.Cl. The van der Waals surface area contributed by atoms with E-state index in [1.807, 2.05) is 0 Å². The smallest absolute Gasteiger partial charge is 0.240 e. The van der Waals surface area contributed by atoms with Gasteiger partial charge in [0.1, 0.15) is 0 Å².